The molecule has 1 unspecified atom stereocenters. The molecule has 0 heterocycles. The molecule has 0 rings (SSSR count). The van der Waals surface area contributed by atoms with Gasteiger partial charge in [0.15, 0.2) is 0 Å². The third-order valence-corrected chi connectivity index (χ3v) is 3.41. The summed E-state index contributed by atoms with van der Waals surface area (Å²) in [6.45, 7) is 18.8. The predicted octanol–water partition coefficient (Wildman–Crippen LogP) is 4.23. The zero-order chi connectivity index (χ0) is 14.8. The molecule has 110 valence electrons. The quantitative estimate of drug-likeness (QED) is 0.521. The topological polar surface area (TPSA) is 20.3 Å². The second-order valence-corrected chi connectivity index (χ2v) is 5.69. The van der Waals surface area contributed by atoms with Crippen LogP contribution in [0.4, 0.5) is 0 Å². The second-order valence-electron chi connectivity index (χ2n) is 5.69. The first-order chi connectivity index (χ1) is 8.90. The van der Waals surface area contributed by atoms with E-state index in [9.17, 15) is 4.79 Å². The maximum Gasteiger partial charge on any atom is 0.149 e. The molecule has 0 radical (unpaired) electrons. The molecule has 0 aliphatic carbocycles. The molecule has 2 heteroatoms. The van der Waals surface area contributed by atoms with Crippen molar-refractivity contribution in [2.45, 2.75) is 53.4 Å². The maximum atomic E-state index is 12.0. The number of carbonyl (C=O) groups is 1. The van der Waals surface area contributed by atoms with Crippen LogP contribution in [-0.2, 0) is 4.79 Å². The van der Waals surface area contributed by atoms with Crippen molar-refractivity contribution in [2.75, 3.05) is 19.6 Å². The molecule has 0 aromatic rings. The number of allylic oxidation sites excluding steroid dienone is 1. The van der Waals surface area contributed by atoms with Crippen LogP contribution in [0.2, 0.25) is 0 Å². The number of nitrogens with zero attached hydrogens (tertiary/aromatic N) is 1. The Balaban J connectivity index is 4.22. The highest BCUT2D eigenvalue weighted by molar-refractivity contribution is 5.82. The third-order valence-electron chi connectivity index (χ3n) is 3.41. The summed E-state index contributed by atoms with van der Waals surface area (Å²) in [5, 5.41) is 0. The Morgan fingerprint density at radius 2 is 1.84 bits per heavy atom. The van der Waals surface area contributed by atoms with Gasteiger partial charge in [-0.3, -0.25) is 9.69 Å². The zero-order valence-corrected chi connectivity index (χ0v) is 13.3. The van der Waals surface area contributed by atoms with Crippen LogP contribution < -0.4 is 0 Å². The lowest BCUT2D eigenvalue weighted by Gasteiger charge is -2.23. The molecule has 0 N–H and O–H groups in total. The Bertz CT molecular complexity index is 306. The number of rotatable bonds is 11. The molecule has 2 nitrogen and oxygen atoms in total. The number of carbonyl (C=O) groups excluding carboxylic acids is 1. The second kappa shape index (κ2) is 9.96. The van der Waals surface area contributed by atoms with Crippen molar-refractivity contribution in [3.8, 4) is 0 Å². The minimum atomic E-state index is 0.179. The maximum absolute atomic E-state index is 12.0. The Kier molecular flexibility index (Phi) is 9.50. The molecule has 0 aromatic carbocycles. The molecule has 0 saturated carbocycles. The summed E-state index contributed by atoms with van der Waals surface area (Å²) < 4.78 is 0. The van der Waals surface area contributed by atoms with Gasteiger partial charge in [0, 0.05) is 12.5 Å². The van der Waals surface area contributed by atoms with Crippen molar-refractivity contribution in [3.63, 3.8) is 0 Å². The summed E-state index contributed by atoms with van der Waals surface area (Å²) in [6.07, 6.45) is 3.88. The Labute approximate surface area is 119 Å². The summed E-state index contributed by atoms with van der Waals surface area (Å²) in [6, 6.07) is 0. The minimum absolute atomic E-state index is 0.179. The van der Waals surface area contributed by atoms with Gasteiger partial charge in [-0.1, -0.05) is 45.1 Å². The van der Waals surface area contributed by atoms with E-state index >= 15 is 0 Å². The monoisotopic (exact) mass is 265 g/mol. The Hall–Kier alpha value is -0.890. The summed E-state index contributed by atoms with van der Waals surface area (Å²) in [7, 11) is 0. The normalized spacial score (nSPS) is 12.5. The van der Waals surface area contributed by atoms with E-state index in [1.54, 1.807) is 0 Å². The minimum Gasteiger partial charge on any atom is -0.298 e. The van der Waals surface area contributed by atoms with E-state index in [0.29, 0.717) is 12.3 Å². The van der Waals surface area contributed by atoms with Gasteiger partial charge >= 0.3 is 0 Å². The van der Waals surface area contributed by atoms with Crippen molar-refractivity contribution in [1.29, 1.82) is 0 Å². The molecule has 0 spiro atoms. The van der Waals surface area contributed by atoms with Gasteiger partial charge in [-0.15, -0.1) is 0 Å². The van der Waals surface area contributed by atoms with E-state index in [0.717, 1.165) is 44.3 Å². The van der Waals surface area contributed by atoms with Crippen LogP contribution in [0.3, 0.4) is 0 Å². The molecule has 0 saturated heterocycles. The van der Waals surface area contributed by atoms with Gasteiger partial charge in [-0.05, 0) is 39.2 Å². The van der Waals surface area contributed by atoms with Gasteiger partial charge in [0.1, 0.15) is 5.78 Å². The molecule has 0 fully saturated rings. The van der Waals surface area contributed by atoms with E-state index in [1.807, 2.05) is 13.8 Å². The fourth-order valence-electron chi connectivity index (χ4n) is 2.02. The molecule has 0 amide bonds. The fourth-order valence-corrected chi connectivity index (χ4v) is 2.02. The van der Waals surface area contributed by atoms with E-state index in [1.165, 1.54) is 5.57 Å². The molecule has 0 bridgehead atoms. The molecule has 0 aliphatic rings. The number of ketones is 1. The predicted molar refractivity (Wildman–Crippen MR) is 84.4 cm³/mol. The average molecular weight is 265 g/mol. The van der Waals surface area contributed by atoms with Crippen LogP contribution >= 0.6 is 0 Å². The third kappa shape index (κ3) is 8.77. The lowest BCUT2D eigenvalue weighted by molar-refractivity contribution is -0.123. The lowest BCUT2D eigenvalue weighted by atomic mass is 10.0. The summed E-state index contributed by atoms with van der Waals surface area (Å²) in [5.74, 6) is 0.541. The molecular formula is C17H31NO. The molecule has 1 atom stereocenters. The van der Waals surface area contributed by atoms with Gasteiger partial charge in [0.2, 0.25) is 0 Å². The highest BCUT2D eigenvalue weighted by atomic mass is 16.1. The highest BCUT2D eigenvalue weighted by Gasteiger charge is 2.15. The van der Waals surface area contributed by atoms with Crippen LogP contribution in [-0.4, -0.2) is 30.3 Å². The number of hydrogen-bond donors (Lipinski definition) is 0. The van der Waals surface area contributed by atoms with Gasteiger partial charge in [0.05, 0.1) is 6.54 Å². The van der Waals surface area contributed by atoms with Crippen molar-refractivity contribution < 1.29 is 4.79 Å². The molecular weight excluding hydrogens is 234 g/mol. The van der Waals surface area contributed by atoms with Gasteiger partial charge in [0.25, 0.3) is 0 Å². The largest absolute Gasteiger partial charge is 0.298 e. The van der Waals surface area contributed by atoms with E-state index in [-0.39, 0.29) is 5.92 Å². The van der Waals surface area contributed by atoms with Gasteiger partial charge < -0.3 is 0 Å². The summed E-state index contributed by atoms with van der Waals surface area (Å²) in [4.78, 5) is 14.3. The molecule has 0 aromatic heterocycles. The SMILES string of the molecule is C=C(C)CC(=C)CCN(CCC)CC(=O)C(C)CC. The van der Waals surface area contributed by atoms with Crippen LogP contribution in [0.15, 0.2) is 24.3 Å². The van der Waals surface area contributed by atoms with Crippen molar-refractivity contribution in [2.24, 2.45) is 5.92 Å². The first-order valence-electron chi connectivity index (χ1n) is 7.46. The standard InChI is InChI=1S/C17H31NO/c1-7-10-18(13-17(19)16(6)8-2)11-9-15(5)12-14(3)4/h16H,3,5,7-13H2,1-2,4,6H3. The van der Waals surface area contributed by atoms with E-state index < -0.39 is 0 Å². The lowest BCUT2D eigenvalue weighted by Crippen LogP contribution is -2.34. The summed E-state index contributed by atoms with van der Waals surface area (Å²) in [5.41, 5.74) is 2.37. The number of Topliss-reactive ketones (excluding diaryl/α,β-unsaturated/α-hetero) is 1. The molecule has 19 heavy (non-hydrogen) atoms. The van der Waals surface area contributed by atoms with Crippen molar-refractivity contribution >= 4 is 5.78 Å². The molecule has 0 aliphatic heterocycles. The fraction of sp³-hybridized carbons (Fsp3) is 0.706. The average Bonchev–Trinajstić information content (AvgIpc) is 2.34. The van der Waals surface area contributed by atoms with Crippen LogP contribution in [0, 0.1) is 5.92 Å². The van der Waals surface area contributed by atoms with Crippen molar-refractivity contribution in [1.82, 2.24) is 4.90 Å². The zero-order valence-electron chi connectivity index (χ0n) is 13.3. The van der Waals surface area contributed by atoms with E-state index in [2.05, 4.69) is 31.9 Å². The first kappa shape index (κ1) is 18.1. The van der Waals surface area contributed by atoms with Gasteiger partial charge in [-0.2, -0.15) is 0 Å². The highest BCUT2D eigenvalue weighted by Crippen LogP contribution is 2.12. The Morgan fingerprint density at radius 3 is 2.32 bits per heavy atom. The summed E-state index contributed by atoms with van der Waals surface area (Å²) >= 11 is 0. The van der Waals surface area contributed by atoms with E-state index in [4.69, 9.17) is 0 Å². The van der Waals surface area contributed by atoms with Crippen molar-refractivity contribution in [3.05, 3.63) is 24.3 Å². The van der Waals surface area contributed by atoms with Crippen LogP contribution in [0.5, 0.6) is 0 Å². The van der Waals surface area contributed by atoms with Crippen LogP contribution in [0.25, 0.3) is 0 Å². The van der Waals surface area contributed by atoms with Crippen LogP contribution in [0.1, 0.15) is 53.4 Å². The smallest absolute Gasteiger partial charge is 0.149 e. The Morgan fingerprint density at radius 1 is 1.21 bits per heavy atom. The van der Waals surface area contributed by atoms with Gasteiger partial charge in [-0.25, -0.2) is 0 Å². The number of hydrogen-bond acceptors (Lipinski definition) is 2. The first-order valence-corrected chi connectivity index (χ1v) is 7.46.